The van der Waals surface area contributed by atoms with Crippen LogP contribution in [0.1, 0.15) is 57.2 Å². The summed E-state index contributed by atoms with van der Waals surface area (Å²) in [4.78, 5) is 0. The van der Waals surface area contributed by atoms with Crippen LogP contribution in [0.25, 0.3) is 33.4 Å². The maximum Gasteiger partial charge on any atom is 0.0681 e. The van der Waals surface area contributed by atoms with Gasteiger partial charge in [0.15, 0.2) is 0 Å². The average molecular weight is 447 g/mol. The molecule has 0 atom stereocenters. The molecule has 1 N–H and O–H groups in total. The monoisotopic (exact) mass is 446 g/mol. The quantitative estimate of drug-likeness (QED) is 0.333. The number of aliphatic hydroxyl groups is 1. The Morgan fingerprint density at radius 3 is 1.85 bits per heavy atom. The SMILES string of the molecule is CC1(C)CCC(C)(C)c2cc(-c3cc(-c4ccc(CO)cc4)ccc3-c3ccccc3)ccc21. The minimum absolute atomic E-state index is 0.0692. The lowest BCUT2D eigenvalue weighted by molar-refractivity contribution is 0.282. The van der Waals surface area contributed by atoms with Crippen LogP contribution in [0.3, 0.4) is 0 Å². The van der Waals surface area contributed by atoms with Gasteiger partial charge in [-0.25, -0.2) is 0 Å². The fourth-order valence-corrected chi connectivity index (χ4v) is 5.39. The zero-order valence-corrected chi connectivity index (χ0v) is 20.7. The van der Waals surface area contributed by atoms with Crippen LogP contribution in [0.4, 0.5) is 0 Å². The van der Waals surface area contributed by atoms with Crippen LogP contribution in [-0.4, -0.2) is 5.11 Å². The predicted molar refractivity (Wildman–Crippen MR) is 144 cm³/mol. The van der Waals surface area contributed by atoms with Crippen molar-refractivity contribution in [1.82, 2.24) is 0 Å². The molecule has 1 aliphatic carbocycles. The fraction of sp³-hybridized carbons (Fsp3) is 0.273. The van der Waals surface area contributed by atoms with Gasteiger partial charge < -0.3 is 5.11 Å². The first-order chi connectivity index (χ1) is 16.3. The number of rotatable bonds is 4. The lowest BCUT2D eigenvalue weighted by Gasteiger charge is -2.42. The van der Waals surface area contributed by atoms with E-state index in [-0.39, 0.29) is 17.4 Å². The van der Waals surface area contributed by atoms with Gasteiger partial charge in [-0.15, -0.1) is 0 Å². The van der Waals surface area contributed by atoms with Gasteiger partial charge in [-0.3, -0.25) is 0 Å². The van der Waals surface area contributed by atoms with Crippen molar-refractivity contribution in [2.75, 3.05) is 0 Å². The molecule has 0 aromatic heterocycles. The van der Waals surface area contributed by atoms with E-state index in [1.807, 2.05) is 12.1 Å². The molecule has 0 saturated carbocycles. The van der Waals surface area contributed by atoms with Crippen molar-refractivity contribution < 1.29 is 5.11 Å². The van der Waals surface area contributed by atoms with Crippen LogP contribution in [0.2, 0.25) is 0 Å². The van der Waals surface area contributed by atoms with E-state index in [0.717, 1.165) is 11.1 Å². The Bertz CT molecular complexity index is 1310. The third-order valence-corrected chi connectivity index (χ3v) is 7.74. The van der Waals surface area contributed by atoms with E-state index in [2.05, 4.69) is 107 Å². The number of hydrogen-bond acceptors (Lipinski definition) is 1. The van der Waals surface area contributed by atoms with Crippen molar-refractivity contribution >= 4 is 0 Å². The first-order valence-corrected chi connectivity index (χ1v) is 12.3. The number of benzene rings is 4. The van der Waals surface area contributed by atoms with Gasteiger partial charge in [0.2, 0.25) is 0 Å². The van der Waals surface area contributed by atoms with Gasteiger partial charge in [-0.05, 0) is 79.8 Å². The molecule has 34 heavy (non-hydrogen) atoms. The van der Waals surface area contributed by atoms with Gasteiger partial charge in [-0.1, -0.05) is 113 Å². The number of hydrogen-bond donors (Lipinski definition) is 1. The zero-order chi connectivity index (χ0) is 23.9. The molecule has 0 bridgehead atoms. The second kappa shape index (κ2) is 8.56. The highest BCUT2D eigenvalue weighted by molar-refractivity contribution is 5.87. The molecule has 0 unspecified atom stereocenters. The third kappa shape index (κ3) is 4.10. The van der Waals surface area contributed by atoms with Gasteiger partial charge in [-0.2, -0.15) is 0 Å². The van der Waals surface area contributed by atoms with Crippen molar-refractivity contribution in [3.63, 3.8) is 0 Å². The maximum absolute atomic E-state index is 9.43. The summed E-state index contributed by atoms with van der Waals surface area (Å²) in [6, 6.07) is 32.9. The Morgan fingerprint density at radius 2 is 1.18 bits per heavy atom. The van der Waals surface area contributed by atoms with E-state index in [1.54, 1.807) is 0 Å². The standard InChI is InChI=1S/C33H34O/c1-32(2)18-19-33(3,4)31-21-27(15-17-30(31)32)29-20-26(24-12-10-23(22-34)11-13-24)14-16-28(29)25-8-6-5-7-9-25/h5-17,20-21,34H,18-19,22H2,1-4H3. The van der Waals surface area contributed by atoms with Crippen molar-refractivity contribution in [1.29, 1.82) is 0 Å². The molecule has 0 aliphatic heterocycles. The van der Waals surface area contributed by atoms with E-state index >= 15 is 0 Å². The Hall–Kier alpha value is -3.16. The third-order valence-electron chi connectivity index (χ3n) is 7.74. The first kappa shape index (κ1) is 22.6. The summed E-state index contributed by atoms with van der Waals surface area (Å²) in [7, 11) is 0. The summed E-state index contributed by atoms with van der Waals surface area (Å²) in [6.07, 6.45) is 2.43. The van der Waals surface area contributed by atoms with Crippen LogP contribution in [0, 0.1) is 0 Å². The van der Waals surface area contributed by atoms with E-state index in [9.17, 15) is 5.11 Å². The van der Waals surface area contributed by atoms with Gasteiger partial charge in [0.05, 0.1) is 6.61 Å². The van der Waals surface area contributed by atoms with Crippen molar-refractivity contribution in [2.45, 2.75) is 58.0 Å². The van der Waals surface area contributed by atoms with Crippen LogP contribution < -0.4 is 0 Å². The molecule has 0 saturated heterocycles. The smallest absolute Gasteiger partial charge is 0.0681 e. The maximum atomic E-state index is 9.43. The molecule has 1 heteroatoms. The minimum Gasteiger partial charge on any atom is -0.392 e. The van der Waals surface area contributed by atoms with Gasteiger partial charge >= 0.3 is 0 Å². The molecule has 1 aliphatic rings. The Morgan fingerprint density at radius 1 is 0.559 bits per heavy atom. The normalized spacial score (nSPS) is 16.1. The molecule has 0 heterocycles. The lowest BCUT2D eigenvalue weighted by atomic mass is 9.63. The second-order valence-corrected chi connectivity index (χ2v) is 11.0. The molecule has 0 amide bonds. The van der Waals surface area contributed by atoms with Crippen molar-refractivity contribution in [3.8, 4) is 33.4 Å². The molecule has 0 radical (unpaired) electrons. The first-order valence-electron chi connectivity index (χ1n) is 12.3. The van der Waals surface area contributed by atoms with Crippen molar-refractivity contribution in [2.24, 2.45) is 0 Å². The van der Waals surface area contributed by atoms with Crippen molar-refractivity contribution in [3.05, 3.63) is 108 Å². The predicted octanol–water partition coefficient (Wildman–Crippen LogP) is 8.53. The average Bonchev–Trinajstić information content (AvgIpc) is 2.87. The topological polar surface area (TPSA) is 20.2 Å². The minimum atomic E-state index is 0.0692. The molecule has 5 rings (SSSR count). The number of aliphatic hydroxyl groups excluding tert-OH is 1. The number of fused-ring (bicyclic) bond motifs is 1. The Labute approximate surface area is 204 Å². The van der Waals surface area contributed by atoms with Crippen LogP contribution in [0.5, 0.6) is 0 Å². The largest absolute Gasteiger partial charge is 0.392 e. The molecular weight excluding hydrogens is 412 g/mol. The summed E-state index contributed by atoms with van der Waals surface area (Å²) < 4.78 is 0. The highest BCUT2D eigenvalue weighted by Crippen LogP contribution is 2.47. The van der Waals surface area contributed by atoms with Crippen LogP contribution in [0.15, 0.2) is 91.0 Å². The molecular formula is C33H34O. The summed E-state index contributed by atoms with van der Waals surface area (Å²) >= 11 is 0. The second-order valence-electron chi connectivity index (χ2n) is 11.0. The summed E-state index contributed by atoms with van der Waals surface area (Å²) in [5.41, 5.74) is 11.7. The lowest BCUT2D eigenvalue weighted by Crippen LogP contribution is -2.33. The summed E-state index contributed by atoms with van der Waals surface area (Å²) in [6.45, 7) is 9.61. The highest BCUT2D eigenvalue weighted by atomic mass is 16.3. The molecule has 0 fully saturated rings. The highest BCUT2D eigenvalue weighted by Gasteiger charge is 2.37. The van der Waals surface area contributed by atoms with Gasteiger partial charge in [0.25, 0.3) is 0 Å². The molecule has 4 aromatic carbocycles. The van der Waals surface area contributed by atoms with E-state index in [1.165, 1.54) is 51.8 Å². The Kier molecular flexibility index (Phi) is 5.70. The molecule has 4 aromatic rings. The summed E-state index contributed by atoms with van der Waals surface area (Å²) in [5.74, 6) is 0. The van der Waals surface area contributed by atoms with Gasteiger partial charge in [0.1, 0.15) is 0 Å². The molecule has 0 spiro atoms. The summed E-state index contributed by atoms with van der Waals surface area (Å²) in [5, 5.41) is 9.43. The van der Waals surface area contributed by atoms with E-state index in [0.29, 0.717) is 0 Å². The fourth-order valence-electron chi connectivity index (χ4n) is 5.39. The van der Waals surface area contributed by atoms with Crippen LogP contribution in [-0.2, 0) is 17.4 Å². The van der Waals surface area contributed by atoms with Crippen LogP contribution >= 0.6 is 0 Å². The zero-order valence-electron chi connectivity index (χ0n) is 20.7. The molecule has 1 nitrogen and oxygen atoms in total. The Balaban J connectivity index is 1.70. The van der Waals surface area contributed by atoms with Gasteiger partial charge in [0, 0.05) is 0 Å². The van der Waals surface area contributed by atoms with E-state index < -0.39 is 0 Å². The molecule has 172 valence electrons. The van der Waals surface area contributed by atoms with E-state index in [4.69, 9.17) is 0 Å².